The zero-order valence-corrected chi connectivity index (χ0v) is 17.8. The van der Waals surface area contributed by atoms with E-state index in [1.165, 1.54) is 43.3 Å². The number of carbonyl (C=O) groups excluding carboxylic acids is 2. The van der Waals surface area contributed by atoms with Crippen molar-refractivity contribution in [2.45, 2.75) is 61.9 Å². The molecule has 0 aliphatic heterocycles. The van der Waals surface area contributed by atoms with E-state index in [1.807, 2.05) is 0 Å². The van der Waals surface area contributed by atoms with E-state index in [0.717, 1.165) is 25.7 Å². The molecular weight excluding hydrogens is 412 g/mol. The Morgan fingerprint density at radius 3 is 2.43 bits per heavy atom. The van der Waals surface area contributed by atoms with E-state index in [0.29, 0.717) is 12.2 Å². The van der Waals surface area contributed by atoms with Crippen molar-refractivity contribution in [1.82, 2.24) is 20.8 Å². The number of carbonyl (C=O) groups is 2. The molecule has 1 aromatic carbocycles. The Morgan fingerprint density at radius 2 is 1.83 bits per heavy atom. The smallest absolute Gasteiger partial charge is 0.315 e. The van der Waals surface area contributed by atoms with E-state index >= 15 is 0 Å². The summed E-state index contributed by atoms with van der Waals surface area (Å²) < 4.78 is 32.3. The highest BCUT2D eigenvalue weighted by Gasteiger charge is 2.25. The summed E-state index contributed by atoms with van der Waals surface area (Å²) in [6.45, 7) is 0.262. The van der Waals surface area contributed by atoms with E-state index in [4.69, 9.17) is 9.94 Å². The van der Waals surface area contributed by atoms with Gasteiger partial charge in [0.15, 0.2) is 0 Å². The molecule has 0 heterocycles. The van der Waals surface area contributed by atoms with Gasteiger partial charge in [0.25, 0.3) is 5.91 Å². The highest BCUT2D eigenvalue weighted by Crippen LogP contribution is 2.17. The first-order chi connectivity index (χ1) is 14.4. The number of ether oxygens (including phenoxy) is 1. The lowest BCUT2D eigenvalue weighted by Crippen LogP contribution is -2.46. The summed E-state index contributed by atoms with van der Waals surface area (Å²) in [5.74, 6) is -0.380. The summed E-state index contributed by atoms with van der Waals surface area (Å²) >= 11 is 0. The number of nitrogens with one attached hydrogen (secondary N) is 4. The van der Waals surface area contributed by atoms with Crippen LogP contribution in [0.2, 0.25) is 0 Å². The number of hydrogen-bond acceptors (Lipinski definition) is 6. The largest absolute Gasteiger partial charge is 0.497 e. The summed E-state index contributed by atoms with van der Waals surface area (Å²) in [5.41, 5.74) is 1.48. The number of urea groups is 1. The lowest BCUT2D eigenvalue weighted by atomic mass is 9.96. The van der Waals surface area contributed by atoms with E-state index in [-0.39, 0.29) is 29.9 Å². The minimum absolute atomic E-state index is 0.0379. The van der Waals surface area contributed by atoms with Crippen molar-refractivity contribution in [2.24, 2.45) is 0 Å². The van der Waals surface area contributed by atoms with Crippen molar-refractivity contribution < 1.29 is 28.0 Å². The van der Waals surface area contributed by atoms with Gasteiger partial charge in [-0.2, -0.15) is 4.72 Å². The second-order valence-electron chi connectivity index (χ2n) is 7.20. The van der Waals surface area contributed by atoms with Gasteiger partial charge in [0.2, 0.25) is 10.0 Å². The Kier molecular flexibility index (Phi) is 9.34. The summed E-state index contributed by atoms with van der Waals surface area (Å²) in [6, 6.07) is 4.41. The Hall–Kier alpha value is -2.37. The monoisotopic (exact) mass is 442 g/mol. The van der Waals surface area contributed by atoms with Gasteiger partial charge in [-0.25, -0.2) is 18.7 Å². The second-order valence-corrected chi connectivity index (χ2v) is 8.92. The minimum Gasteiger partial charge on any atom is -0.497 e. The average Bonchev–Trinajstić information content (AvgIpc) is 2.76. The summed E-state index contributed by atoms with van der Waals surface area (Å²) in [4.78, 5) is 23.8. The Balaban J connectivity index is 1.84. The lowest BCUT2D eigenvalue weighted by molar-refractivity contribution is -0.131. The number of amides is 3. The van der Waals surface area contributed by atoms with Crippen LogP contribution in [0.25, 0.3) is 0 Å². The normalized spacial score (nSPS) is 15.8. The summed E-state index contributed by atoms with van der Waals surface area (Å²) in [6.07, 6.45) is 5.78. The van der Waals surface area contributed by atoms with Crippen LogP contribution in [-0.2, 0) is 14.8 Å². The number of sulfonamides is 1. The third kappa shape index (κ3) is 7.47. The molecule has 11 heteroatoms. The predicted octanol–water partition coefficient (Wildman–Crippen LogP) is 1.26. The molecule has 1 aliphatic carbocycles. The molecule has 1 unspecified atom stereocenters. The van der Waals surface area contributed by atoms with Crippen LogP contribution in [0.3, 0.4) is 0 Å². The SMILES string of the molecule is COc1ccc(S(=O)(=O)NC(CCCNC(=O)NC2CCCCC2)C(=O)NO)cc1. The molecule has 0 saturated heterocycles. The van der Waals surface area contributed by atoms with E-state index < -0.39 is 22.0 Å². The van der Waals surface area contributed by atoms with Gasteiger partial charge in [0.1, 0.15) is 11.8 Å². The highest BCUT2D eigenvalue weighted by atomic mass is 32.2. The van der Waals surface area contributed by atoms with Crippen molar-refractivity contribution in [3.8, 4) is 5.75 Å². The van der Waals surface area contributed by atoms with Crippen molar-refractivity contribution in [2.75, 3.05) is 13.7 Å². The first-order valence-corrected chi connectivity index (χ1v) is 11.5. The molecule has 0 radical (unpaired) electrons. The fourth-order valence-corrected chi connectivity index (χ4v) is 4.55. The first-order valence-electron chi connectivity index (χ1n) is 10.0. The van der Waals surface area contributed by atoms with Gasteiger partial charge in [0.05, 0.1) is 12.0 Å². The number of hydroxylamine groups is 1. The number of benzene rings is 1. The summed E-state index contributed by atoms with van der Waals surface area (Å²) in [7, 11) is -2.52. The molecule has 1 saturated carbocycles. The standard InChI is InChI=1S/C19H30N4O6S/c1-29-15-9-11-16(12-10-15)30(27,28)23-17(18(24)22-26)8-5-13-20-19(25)21-14-6-3-2-4-7-14/h9-12,14,17,23,26H,2-8,13H2,1H3,(H,22,24)(H2,20,21,25). The molecule has 1 aliphatic rings. The highest BCUT2D eigenvalue weighted by molar-refractivity contribution is 7.89. The molecule has 2 rings (SSSR count). The molecule has 168 valence electrons. The maximum atomic E-state index is 12.5. The van der Waals surface area contributed by atoms with Crippen LogP contribution in [-0.4, -0.2) is 51.3 Å². The zero-order chi connectivity index (χ0) is 22.0. The quantitative estimate of drug-likeness (QED) is 0.209. The third-order valence-corrected chi connectivity index (χ3v) is 6.48. The molecule has 10 nitrogen and oxygen atoms in total. The van der Waals surface area contributed by atoms with Crippen LogP contribution in [0.1, 0.15) is 44.9 Å². The van der Waals surface area contributed by atoms with Crippen LogP contribution in [0.4, 0.5) is 4.79 Å². The number of methoxy groups -OCH3 is 1. The zero-order valence-electron chi connectivity index (χ0n) is 17.0. The predicted molar refractivity (Wildman–Crippen MR) is 110 cm³/mol. The Morgan fingerprint density at radius 1 is 1.17 bits per heavy atom. The molecule has 3 amide bonds. The van der Waals surface area contributed by atoms with Crippen LogP contribution in [0.15, 0.2) is 29.2 Å². The molecule has 30 heavy (non-hydrogen) atoms. The fourth-order valence-electron chi connectivity index (χ4n) is 3.32. The molecule has 1 aromatic rings. The van der Waals surface area contributed by atoms with Crippen LogP contribution >= 0.6 is 0 Å². The van der Waals surface area contributed by atoms with Gasteiger partial charge in [-0.3, -0.25) is 10.0 Å². The molecular formula is C19H30N4O6S. The van der Waals surface area contributed by atoms with Crippen molar-refractivity contribution in [3.05, 3.63) is 24.3 Å². The fraction of sp³-hybridized carbons (Fsp3) is 0.579. The van der Waals surface area contributed by atoms with Crippen molar-refractivity contribution in [1.29, 1.82) is 0 Å². The maximum absolute atomic E-state index is 12.5. The maximum Gasteiger partial charge on any atom is 0.315 e. The van der Waals surface area contributed by atoms with E-state index in [9.17, 15) is 18.0 Å². The molecule has 0 bridgehead atoms. The van der Waals surface area contributed by atoms with Crippen molar-refractivity contribution >= 4 is 22.0 Å². The van der Waals surface area contributed by atoms with Gasteiger partial charge < -0.3 is 15.4 Å². The number of hydrogen-bond donors (Lipinski definition) is 5. The molecule has 5 N–H and O–H groups in total. The molecule has 1 atom stereocenters. The van der Waals surface area contributed by atoms with Crippen molar-refractivity contribution in [3.63, 3.8) is 0 Å². The molecule has 0 aromatic heterocycles. The van der Waals surface area contributed by atoms with Gasteiger partial charge in [-0.05, 0) is 49.9 Å². The minimum atomic E-state index is -3.99. The molecule has 1 fully saturated rings. The van der Waals surface area contributed by atoms with Gasteiger partial charge in [-0.1, -0.05) is 19.3 Å². The van der Waals surface area contributed by atoms with Gasteiger partial charge in [0, 0.05) is 12.6 Å². The third-order valence-electron chi connectivity index (χ3n) is 4.99. The van der Waals surface area contributed by atoms with Gasteiger partial charge >= 0.3 is 6.03 Å². The first kappa shape index (κ1) is 23.9. The Bertz CT molecular complexity index is 794. The second kappa shape index (κ2) is 11.7. The molecule has 0 spiro atoms. The Labute approximate surface area is 176 Å². The summed E-state index contributed by atoms with van der Waals surface area (Å²) in [5, 5.41) is 14.6. The van der Waals surface area contributed by atoms with Crippen LogP contribution in [0, 0.1) is 0 Å². The average molecular weight is 443 g/mol. The topological polar surface area (TPSA) is 146 Å². The van der Waals surface area contributed by atoms with Crippen LogP contribution in [0.5, 0.6) is 5.75 Å². The lowest BCUT2D eigenvalue weighted by Gasteiger charge is -2.23. The van der Waals surface area contributed by atoms with Gasteiger partial charge in [-0.15, -0.1) is 0 Å². The van der Waals surface area contributed by atoms with E-state index in [2.05, 4.69) is 15.4 Å². The van der Waals surface area contributed by atoms with E-state index in [1.54, 1.807) is 0 Å². The van der Waals surface area contributed by atoms with Crippen LogP contribution < -0.4 is 25.6 Å². The number of rotatable bonds is 10.